The molecule has 1 aromatic heterocycles. The van der Waals surface area contributed by atoms with Crippen LogP contribution >= 0.6 is 0 Å². The summed E-state index contributed by atoms with van der Waals surface area (Å²) < 4.78 is 13.9. The zero-order chi connectivity index (χ0) is 13.9. The molecule has 0 saturated carbocycles. The van der Waals surface area contributed by atoms with Gasteiger partial charge in [0.05, 0.1) is 17.1 Å². The average molecular weight is 272 g/mol. The maximum Gasteiger partial charge on any atom is 0.319 e. The van der Waals surface area contributed by atoms with E-state index in [1.165, 1.54) is 0 Å². The van der Waals surface area contributed by atoms with Gasteiger partial charge in [-0.3, -0.25) is 13.7 Å². The van der Waals surface area contributed by atoms with Crippen LogP contribution in [0.4, 0.5) is 0 Å². The number of aryl methyl sites for hydroxylation is 2. The van der Waals surface area contributed by atoms with Gasteiger partial charge in [0.2, 0.25) is 0 Å². The fourth-order valence-electron chi connectivity index (χ4n) is 1.93. The van der Waals surface area contributed by atoms with Crippen molar-refractivity contribution in [2.45, 2.75) is 45.2 Å². The summed E-state index contributed by atoms with van der Waals surface area (Å²) in [4.78, 5) is 11.1. The molecular formula is C12H20N2O3S. The van der Waals surface area contributed by atoms with Gasteiger partial charge in [-0.2, -0.15) is 5.10 Å². The molecule has 0 aliphatic rings. The summed E-state index contributed by atoms with van der Waals surface area (Å²) in [6.45, 7) is 8.07. The highest BCUT2D eigenvalue weighted by Crippen LogP contribution is 2.15. The number of carboxylic acids is 1. The van der Waals surface area contributed by atoms with Crippen molar-refractivity contribution in [3.8, 4) is 0 Å². The zero-order valence-electron chi connectivity index (χ0n) is 11.2. The first-order chi connectivity index (χ1) is 8.36. The lowest BCUT2D eigenvalue weighted by Gasteiger charge is -2.15. The van der Waals surface area contributed by atoms with E-state index in [4.69, 9.17) is 5.11 Å². The van der Waals surface area contributed by atoms with E-state index in [0.717, 1.165) is 11.4 Å². The van der Waals surface area contributed by atoms with Gasteiger partial charge in [0, 0.05) is 17.3 Å². The fourth-order valence-corrected chi connectivity index (χ4v) is 3.46. The highest BCUT2D eigenvalue weighted by atomic mass is 32.2. The molecule has 102 valence electrons. The number of carbonyl (C=O) groups is 1. The van der Waals surface area contributed by atoms with Crippen LogP contribution in [0.15, 0.2) is 6.07 Å². The summed E-state index contributed by atoms with van der Waals surface area (Å²) in [5.74, 6) is -0.908. The van der Waals surface area contributed by atoms with E-state index in [2.05, 4.69) is 5.10 Å². The minimum absolute atomic E-state index is 0.151. The molecule has 2 atom stereocenters. The minimum Gasteiger partial charge on any atom is -0.480 e. The van der Waals surface area contributed by atoms with Crippen LogP contribution in [0.2, 0.25) is 0 Å². The van der Waals surface area contributed by atoms with Crippen LogP contribution < -0.4 is 0 Å². The SMILES string of the molecule is CCn1nc(C)cc1CS(=O)C(C(=O)O)C(C)C. The Morgan fingerprint density at radius 2 is 2.17 bits per heavy atom. The lowest BCUT2D eigenvalue weighted by Crippen LogP contribution is -2.32. The maximum atomic E-state index is 12.2. The molecule has 2 unspecified atom stereocenters. The van der Waals surface area contributed by atoms with Crippen LogP contribution in [-0.4, -0.2) is 30.3 Å². The van der Waals surface area contributed by atoms with Crippen LogP contribution in [0.25, 0.3) is 0 Å². The van der Waals surface area contributed by atoms with Crippen molar-refractivity contribution in [3.05, 3.63) is 17.5 Å². The van der Waals surface area contributed by atoms with E-state index >= 15 is 0 Å². The van der Waals surface area contributed by atoms with E-state index in [1.54, 1.807) is 18.5 Å². The third-order valence-corrected chi connectivity index (χ3v) is 4.60. The maximum absolute atomic E-state index is 12.2. The molecule has 0 bridgehead atoms. The third-order valence-electron chi connectivity index (χ3n) is 2.71. The van der Waals surface area contributed by atoms with Crippen LogP contribution in [0.1, 0.15) is 32.2 Å². The number of hydrogen-bond donors (Lipinski definition) is 1. The van der Waals surface area contributed by atoms with Crippen molar-refractivity contribution in [1.82, 2.24) is 9.78 Å². The Kier molecular flexibility index (Phi) is 5.07. The second-order valence-corrected chi connectivity index (χ2v) is 6.18. The van der Waals surface area contributed by atoms with Crippen LogP contribution in [0, 0.1) is 12.8 Å². The minimum atomic E-state index is -1.43. The first kappa shape index (κ1) is 14.9. The molecule has 0 spiro atoms. The van der Waals surface area contributed by atoms with Crippen LogP contribution in [0.5, 0.6) is 0 Å². The molecule has 0 radical (unpaired) electrons. The summed E-state index contributed by atoms with van der Waals surface area (Å²) in [5.41, 5.74) is 1.69. The molecule has 0 saturated heterocycles. The molecule has 5 nitrogen and oxygen atoms in total. The van der Waals surface area contributed by atoms with Crippen molar-refractivity contribution in [3.63, 3.8) is 0 Å². The average Bonchev–Trinajstić information content (AvgIpc) is 2.57. The van der Waals surface area contributed by atoms with Crippen molar-refractivity contribution in [1.29, 1.82) is 0 Å². The van der Waals surface area contributed by atoms with Gasteiger partial charge in [0.1, 0.15) is 5.25 Å². The highest BCUT2D eigenvalue weighted by molar-refractivity contribution is 7.85. The van der Waals surface area contributed by atoms with Gasteiger partial charge in [-0.1, -0.05) is 13.8 Å². The van der Waals surface area contributed by atoms with Gasteiger partial charge < -0.3 is 5.11 Å². The van der Waals surface area contributed by atoms with Gasteiger partial charge >= 0.3 is 5.97 Å². The first-order valence-corrected chi connectivity index (χ1v) is 7.38. The molecule has 1 aromatic rings. The molecule has 1 heterocycles. The van der Waals surface area contributed by atoms with Gasteiger partial charge in [0.25, 0.3) is 0 Å². The summed E-state index contributed by atoms with van der Waals surface area (Å²) in [6.07, 6.45) is 0. The van der Waals surface area contributed by atoms with Gasteiger partial charge in [-0.05, 0) is 25.8 Å². The number of aromatic nitrogens is 2. The number of carboxylic acid groups (broad SMARTS) is 1. The standard InChI is InChI=1S/C12H20N2O3S/c1-5-14-10(6-9(4)13-14)7-18(17)11(8(2)3)12(15)16/h6,8,11H,5,7H2,1-4H3,(H,15,16). The van der Waals surface area contributed by atoms with E-state index in [1.807, 2.05) is 19.9 Å². The fraction of sp³-hybridized carbons (Fsp3) is 0.667. The number of nitrogens with zero attached hydrogens (tertiary/aromatic N) is 2. The lowest BCUT2D eigenvalue weighted by atomic mass is 10.1. The zero-order valence-corrected chi connectivity index (χ0v) is 12.0. The van der Waals surface area contributed by atoms with E-state index in [9.17, 15) is 9.00 Å². The summed E-state index contributed by atoms with van der Waals surface area (Å²) >= 11 is 0. The lowest BCUT2D eigenvalue weighted by molar-refractivity contribution is -0.137. The molecule has 1 rings (SSSR count). The topological polar surface area (TPSA) is 72.2 Å². The predicted molar refractivity (Wildman–Crippen MR) is 70.7 cm³/mol. The van der Waals surface area contributed by atoms with Crippen molar-refractivity contribution in [2.75, 3.05) is 0 Å². The second kappa shape index (κ2) is 6.13. The molecular weight excluding hydrogens is 252 g/mol. The number of hydrogen-bond acceptors (Lipinski definition) is 3. The van der Waals surface area contributed by atoms with Gasteiger partial charge in [-0.25, -0.2) is 0 Å². The highest BCUT2D eigenvalue weighted by Gasteiger charge is 2.28. The largest absolute Gasteiger partial charge is 0.480 e. The van der Waals surface area contributed by atoms with Crippen LogP contribution in [-0.2, 0) is 27.9 Å². The quantitative estimate of drug-likeness (QED) is 0.853. The Labute approximate surface area is 110 Å². The van der Waals surface area contributed by atoms with E-state index < -0.39 is 22.0 Å². The van der Waals surface area contributed by atoms with Gasteiger partial charge in [-0.15, -0.1) is 0 Å². The smallest absolute Gasteiger partial charge is 0.319 e. The van der Waals surface area contributed by atoms with Crippen molar-refractivity contribution in [2.24, 2.45) is 5.92 Å². The Morgan fingerprint density at radius 3 is 2.61 bits per heavy atom. The number of rotatable bonds is 6. The molecule has 18 heavy (non-hydrogen) atoms. The molecule has 6 heteroatoms. The molecule has 0 aliphatic carbocycles. The first-order valence-electron chi connectivity index (χ1n) is 6.00. The van der Waals surface area contributed by atoms with E-state index in [-0.39, 0.29) is 11.7 Å². The van der Waals surface area contributed by atoms with Crippen molar-refractivity contribution < 1.29 is 14.1 Å². The molecule has 0 fully saturated rings. The summed E-state index contributed by atoms with van der Waals surface area (Å²) in [5, 5.41) is 12.5. The normalized spacial score (nSPS) is 14.7. The van der Waals surface area contributed by atoms with Gasteiger partial charge in [0.15, 0.2) is 0 Å². The third kappa shape index (κ3) is 3.41. The molecule has 0 aliphatic heterocycles. The Hall–Kier alpha value is -1.17. The van der Waals surface area contributed by atoms with E-state index in [0.29, 0.717) is 6.54 Å². The summed E-state index contributed by atoms with van der Waals surface area (Å²) in [6, 6.07) is 1.86. The molecule has 1 N–H and O–H groups in total. The Morgan fingerprint density at radius 1 is 1.56 bits per heavy atom. The predicted octanol–water partition coefficient (Wildman–Crippen LogP) is 1.57. The van der Waals surface area contributed by atoms with Crippen LogP contribution in [0.3, 0.4) is 0 Å². The molecule has 0 amide bonds. The monoisotopic (exact) mass is 272 g/mol. The second-order valence-electron chi connectivity index (χ2n) is 4.62. The van der Waals surface area contributed by atoms with Crippen molar-refractivity contribution >= 4 is 16.8 Å². The Balaban J connectivity index is 2.89. The number of aliphatic carboxylic acids is 1. The molecule has 0 aromatic carbocycles. The summed E-state index contributed by atoms with van der Waals surface area (Å²) in [7, 11) is -1.43. The Bertz CT molecular complexity index is 454.